The topological polar surface area (TPSA) is 63.8 Å². The quantitative estimate of drug-likeness (QED) is 0.856. The SMILES string of the molecule is CC(C)Cc1cc(=O)n(-c2ccc(C(F)(F)F)cc2N)[nH]1. The van der Waals surface area contributed by atoms with Crippen LogP contribution in [0.25, 0.3) is 5.69 Å². The Hall–Kier alpha value is -2.18. The van der Waals surface area contributed by atoms with Gasteiger partial charge in [-0.25, -0.2) is 4.68 Å². The van der Waals surface area contributed by atoms with Crippen LogP contribution in [0.3, 0.4) is 0 Å². The monoisotopic (exact) mass is 299 g/mol. The van der Waals surface area contributed by atoms with Gasteiger partial charge in [0.2, 0.25) is 0 Å². The van der Waals surface area contributed by atoms with Crippen LogP contribution in [0.4, 0.5) is 18.9 Å². The summed E-state index contributed by atoms with van der Waals surface area (Å²) in [5, 5.41) is 2.87. The van der Waals surface area contributed by atoms with E-state index in [0.717, 1.165) is 16.8 Å². The molecule has 3 N–H and O–H groups in total. The molecule has 0 saturated heterocycles. The van der Waals surface area contributed by atoms with Crippen LogP contribution in [0.5, 0.6) is 0 Å². The highest BCUT2D eigenvalue weighted by Crippen LogP contribution is 2.31. The van der Waals surface area contributed by atoms with Crippen molar-refractivity contribution in [3.05, 3.63) is 45.9 Å². The molecule has 0 aliphatic rings. The van der Waals surface area contributed by atoms with Gasteiger partial charge in [0.25, 0.3) is 5.56 Å². The van der Waals surface area contributed by atoms with E-state index in [1.165, 1.54) is 12.1 Å². The summed E-state index contributed by atoms with van der Waals surface area (Å²) in [7, 11) is 0. The molecule has 0 saturated carbocycles. The minimum Gasteiger partial charge on any atom is -0.397 e. The number of benzene rings is 1. The highest BCUT2D eigenvalue weighted by Gasteiger charge is 2.31. The molecule has 114 valence electrons. The maximum atomic E-state index is 12.6. The van der Waals surface area contributed by atoms with E-state index in [0.29, 0.717) is 18.0 Å². The normalized spacial score (nSPS) is 12.1. The van der Waals surface area contributed by atoms with Crippen molar-refractivity contribution in [1.29, 1.82) is 0 Å². The molecule has 0 spiro atoms. The van der Waals surface area contributed by atoms with Crippen LogP contribution < -0.4 is 11.3 Å². The lowest BCUT2D eigenvalue weighted by molar-refractivity contribution is -0.137. The van der Waals surface area contributed by atoms with Gasteiger partial charge in [0.15, 0.2) is 0 Å². The largest absolute Gasteiger partial charge is 0.416 e. The van der Waals surface area contributed by atoms with Gasteiger partial charge < -0.3 is 5.73 Å². The van der Waals surface area contributed by atoms with E-state index in [1.807, 2.05) is 13.8 Å². The van der Waals surface area contributed by atoms with E-state index in [4.69, 9.17) is 5.73 Å². The lowest BCUT2D eigenvalue weighted by atomic mass is 10.1. The van der Waals surface area contributed by atoms with Crippen LogP contribution in [0.15, 0.2) is 29.1 Å². The van der Waals surface area contributed by atoms with Crippen LogP contribution in [0, 0.1) is 5.92 Å². The fourth-order valence-corrected chi connectivity index (χ4v) is 2.10. The van der Waals surface area contributed by atoms with Gasteiger partial charge in [0.1, 0.15) is 0 Å². The first-order valence-corrected chi connectivity index (χ1v) is 6.46. The summed E-state index contributed by atoms with van der Waals surface area (Å²) in [5.74, 6) is 0.349. The van der Waals surface area contributed by atoms with Crippen LogP contribution in [0.1, 0.15) is 25.1 Å². The molecule has 2 aromatic rings. The van der Waals surface area contributed by atoms with Crippen molar-refractivity contribution >= 4 is 5.69 Å². The molecule has 1 aromatic heterocycles. The third kappa shape index (κ3) is 3.29. The summed E-state index contributed by atoms with van der Waals surface area (Å²) in [4.78, 5) is 11.9. The second-order valence-electron chi connectivity index (χ2n) is 5.32. The minimum absolute atomic E-state index is 0.107. The van der Waals surface area contributed by atoms with Gasteiger partial charge in [0, 0.05) is 11.8 Å². The second-order valence-corrected chi connectivity index (χ2v) is 5.32. The number of aromatic amines is 1. The Morgan fingerprint density at radius 3 is 2.48 bits per heavy atom. The number of rotatable bonds is 3. The molecular formula is C14H16F3N3O. The molecule has 0 radical (unpaired) electrons. The number of nitrogens with one attached hydrogen (secondary N) is 1. The van der Waals surface area contributed by atoms with Crippen molar-refractivity contribution < 1.29 is 13.2 Å². The van der Waals surface area contributed by atoms with Gasteiger partial charge in [-0.1, -0.05) is 13.8 Å². The number of alkyl halides is 3. The summed E-state index contributed by atoms with van der Waals surface area (Å²) in [5.41, 5.74) is 5.28. The van der Waals surface area contributed by atoms with E-state index in [-0.39, 0.29) is 16.9 Å². The van der Waals surface area contributed by atoms with Crippen LogP contribution in [-0.4, -0.2) is 9.78 Å². The summed E-state index contributed by atoms with van der Waals surface area (Å²) >= 11 is 0. The lowest BCUT2D eigenvalue weighted by Gasteiger charge is -2.11. The molecule has 21 heavy (non-hydrogen) atoms. The first-order chi connectivity index (χ1) is 9.68. The summed E-state index contributed by atoms with van der Waals surface area (Å²) in [6.45, 7) is 4.00. The lowest BCUT2D eigenvalue weighted by Crippen LogP contribution is -2.16. The molecule has 0 unspecified atom stereocenters. The number of hydrogen-bond acceptors (Lipinski definition) is 2. The molecule has 1 aromatic carbocycles. The number of nitrogen functional groups attached to an aromatic ring is 1. The number of hydrogen-bond donors (Lipinski definition) is 2. The fraction of sp³-hybridized carbons (Fsp3) is 0.357. The predicted octanol–water partition coefficient (Wildman–Crippen LogP) is 2.97. The van der Waals surface area contributed by atoms with Gasteiger partial charge in [-0.05, 0) is 30.5 Å². The van der Waals surface area contributed by atoms with Crippen LogP contribution >= 0.6 is 0 Å². The standard InChI is InChI=1S/C14H16F3N3O/c1-8(2)5-10-7-13(21)20(19-10)12-4-3-9(6-11(12)18)14(15,16)17/h3-4,6-8,19H,5,18H2,1-2H3. The number of nitrogens with two attached hydrogens (primary N) is 1. The zero-order valence-corrected chi connectivity index (χ0v) is 11.7. The van der Waals surface area contributed by atoms with Crippen molar-refractivity contribution in [2.75, 3.05) is 5.73 Å². The first kappa shape index (κ1) is 15.2. The molecular weight excluding hydrogens is 283 g/mol. The van der Waals surface area contributed by atoms with Crippen LogP contribution in [0.2, 0.25) is 0 Å². The number of halogens is 3. The number of nitrogens with zero attached hydrogens (tertiary/aromatic N) is 1. The van der Waals surface area contributed by atoms with E-state index in [9.17, 15) is 18.0 Å². The fourth-order valence-electron chi connectivity index (χ4n) is 2.10. The molecule has 0 fully saturated rings. The van der Waals surface area contributed by atoms with E-state index in [2.05, 4.69) is 5.10 Å². The average Bonchev–Trinajstić information content (AvgIpc) is 2.67. The Bertz CT molecular complexity index is 698. The Balaban J connectivity index is 2.43. The molecule has 7 heteroatoms. The summed E-state index contributed by atoms with van der Waals surface area (Å²) in [6, 6.07) is 4.35. The summed E-state index contributed by atoms with van der Waals surface area (Å²) < 4.78 is 39.0. The van der Waals surface area contributed by atoms with Crippen molar-refractivity contribution in [1.82, 2.24) is 9.78 Å². The van der Waals surface area contributed by atoms with E-state index < -0.39 is 11.7 Å². The maximum absolute atomic E-state index is 12.6. The molecule has 0 bridgehead atoms. The third-order valence-corrected chi connectivity index (χ3v) is 3.00. The maximum Gasteiger partial charge on any atom is 0.416 e. The number of aromatic nitrogens is 2. The number of H-pyrrole nitrogens is 1. The molecule has 4 nitrogen and oxygen atoms in total. The zero-order chi connectivity index (χ0) is 15.8. The molecule has 0 aliphatic carbocycles. The highest BCUT2D eigenvalue weighted by atomic mass is 19.4. The minimum atomic E-state index is -4.46. The Labute approximate surface area is 119 Å². The molecule has 2 rings (SSSR count). The number of anilines is 1. The Morgan fingerprint density at radius 1 is 1.29 bits per heavy atom. The summed E-state index contributed by atoms with van der Waals surface area (Å²) in [6.07, 6.45) is -3.79. The van der Waals surface area contributed by atoms with Gasteiger partial charge in [-0.3, -0.25) is 9.89 Å². The van der Waals surface area contributed by atoms with Gasteiger partial charge >= 0.3 is 6.18 Å². The predicted molar refractivity (Wildman–Crippen MR) is 74.3 cm³/mol. The first-order valence-electron chi connectivity index (χ1n) is 6.46. The van der Waals surface area contributed by atoms with Crippen molar-refractivity contribution in [2.45, 2.75) is 26.4 Å². The molecule has 0 atom stereocenters. The van der Waals surface area contributed by atoms with Gasteiger partial charge in [0.05, 0.1) is 16.9 Å². The highest BCUT2D eigenvalue weighted by molar-refractivity contribution is 5.59. The van der Waals surface area contributed by atoms with E-state index in [1.54, 1.807) is 0 Å². The van der Waals surface area contributed by atoms with Gasteiger partial charge in [-0.2, -0.15) is 13.2 Å². The Kier molecular flexibility index (Phi) is 3.85. The van der Waals surface area contributed by atoms with Crippen molar-refractivity contribution in [3.63, 3.8) is 0 Å². The second kappa shape index (κ2) is 5.31. The third-order valence-electron chi connectivity index (χ3n) is 3.00. The van der Waals surface area contributed by atoms with Crippen LogP contribution in [-0.2, 0) is 12.6 Å². The Morgan fingerprint density at radius 2 is 1.95 bits per heavy atom. The van der Waals surface area contributed by atoms with Crippen molar-refractivity contribution in [2.24, 2.45) is 5.92 Å². The molecule has 0 amide bonds. The van der Waals surface area contributed by atoms with Crippen molar-refractivity contribution in [3.8, 4) is 5.69 Å². The molecule has 1 heterocycles. The molecule has 0 aliphatic heterocycles. The van der Waals surface area contributed by atoms with Gasteiger partial charge in [-0.15, -0.1) is 0 Å². The average molecular weight is 299 g/mol. The smallest absolute Gasteiger partial charge is 0.397 e. The van der Waals surface area contributed by atoms with E-state index >= 15 is 0 Å². The zero-order valence-electron chi connectivity index (χ0n) is 11.7.